The fraction of sp³-hybridized carbons (Fsp3) is 0.308. The topological polar surface area (TPSA) is 37.3 Å². The third-order valence-electron chi connectivity index (χ3n) is 2.19. The lowest BCUT2D eigenvalue weighted by Gasteiger charge is -1.98. The third kappa shape index (κ3) is 5.68. The number of hydrogen-bond acceptors (Lipinski definition) is 1. The first kappa shape index (κ1) is 11.5. The van der Waals surface area contributed by atoms with Crippen LogP contribution >= 0.6 is 0 Å². The van der Waals surface area contributed by atoms with Crippen LogP contribution in [-0.2, 0) is 11.2 Å². The van der Waals surface area contributed by atoms with Crippen molar-refractivity contribution in [1.82, 2.24) is 0 Å². The molecular weight excluding hydrogens is 188 g/mol. The summed E-state index contributed by atoms with van der Waals surface area (Å²) in [4.78, 5) is 10.2. The lowest BCUT2D eigenvalue weighted by molar-refractivity contribution is -0.131. The summed E-state index contributed by atoms with van der Waals surface area (Å²) in [6.45, 7) is 0. The molecule has 1 aromatic rings. The van der Waals surface area contributed by atoms with E-state index < -0.39 is 5.97 Å². The summed E-state index contributed by atoms with van der Waals surface area (Å²) in [6, 6.07) is 10.3. The summed E-state index contributed by atoms with van der Waals surface area (Å²) >= 11 is 0. The van der Waals surface area contributed by atoms with Gasteiger partial charge in [0.1, 0.15) is 0 Å². The van der Waals surface area contributed by atoms with Crippen LogP contribution in [-0.4, -0.2) is 11.1 Å². The van der Waals surface area contributed by atoms with Crippen LogP contribution in [0.1, 0.15) is 24.8 Å². The molecule has 0 saturated heterocycles. The van der Waals surface area contributed by atoms with Gasteiger partial charge in [0.05, 0.1) is 0 Å². The highest BCUT2D eigenvalue weighted by atomic mass is 16.4. The van der Waals surface area contributed by atoms with Gasteiger partial charge in [-0.05, 0) is 31.2 Å². The Balaban J connectivity index is 2.10. The number of aryl methyl sites for hydroxylation is 1. The zero-order valence-corrected chi connectivity index (χ0v) is 8.73. The molecule has 0 aliphatic carbocycles. The van der Waals surface area contributed by atoms with E-state index in [0.717, 1.165) is 25.7 Å². The number of aliphatic carboxylic acids is 1. The number of allylic oxidation sites excluding steroid dienone is 1. The fourth-order valence-corrected chi connectivity index (χ4v) is 1.42. The Bertz CT molecular complexity index is 315. The van der Waals surface area contributed by atoms with Crippen molar-refractivity contribution < 1.29 is 9.90 Å². The Morgan fingerprint density at radius 1 is 1.20 bits per heavy atom. The zero-order chi connectivity index (χ0) is 10.9. The van der Waals surface area contributed by atoms with Crippen molar-refractivity contribution in [1.29, 1.82) is 0 Å². The van der Waals surface area contributed by atoms with Crippen LogP contribution in [0.4, 0.5) is 0 Å². The largest absolute Gasteiger partial charge is 0.478 e. The first-order valence-corrected chi connectivity index (χ1v) is 5.22. The van der Waals surface area contributed by atoms with Crippen LogP contribution in [0.3, 0.4) is 0 Å². The highest BCUT2D eigenvalue weighted by Crippen LogP contribution is 2.06. The number of rotatable bonds is 6. The molecule has 0 aliphatic rings. The van der Waals surface area contributed by atoms with Crippen molar-refractivity contribution in [3.63, 3.8) is 0 Å². The van der Waals surface area contributed by atoms with Crippen molar-refractivity contribution in [2.75, 3.05) is 0 Å². The smallest absolute Gasteiger partial charge is 0.327 e. The molecule has 80 valence electrons. The molecule has 0 radical (unpaired) electrons. The molecule has 0 heterocycles. The minimum atomic E-state index is -0.863. The van der Waals surface area contributed by atoms with Gasteiger partial charge in [-0.15, -0.1) is 0 Å². The molecule has 0 saturated carbocycles. The average molecular weight is 204 g/mol. The van der Waals surface area contributed by atoms with E-state index in [9.17, 15) is 4.79 Å². The molecule has 2 nitrogen and oxygen atoms in total. The number of benzene rings is 1. The second-order valence-corrected chi connectivity index (χ2v) is 3.47. The second kappa shape index (κ2) is 6.82. The van der Waals surface area contributed by atoms with Gasteiger partial charge in [0, 0.05) is 6.08 Å². The highest BCUT2D eigenvalue weighted by Gasteiger charge is 1.91. The van der Waals surface area contributed by atoms with E-state index in [1.807, 2.05) is 18.2 Å². The number of carbonyl (C=O) groups is 1. The van der Waals surface area contributed by atoms with E-state index in [1.165, 1.54) is 11.6 Å². The Hall–Kier alpha value is -1.57. The average Bonchev–Trinajstić information content (AvgIpc) is 2.24. The highest BCUT2D eigenvalue weighted by molar-refractivity contribution is 5.79. The lowest BCUT2D eigenvalue weighted by Crippen LogP contribution is -1.87. The van der Waals surface area contributed by atoms with Crippen molar-refractivity contribution in [2.45, 2.75) is 25.7 Å². The van der Waals surface area contributed by atoms with Crippen molar-refractivity contribution in [3.05, 3.63) is 48.0 Å². The summed E-state index contributed by atoms with van der Waals surface area (Å²) in [7, 11) is 0. The van der Waals surface area contributed by atoms with Crippen LogP contribution in [0.5, 0.6) is 0 Å². The molecule has 0 bridgehead atoms. The van der Waals surface area contributed by atoms with Crippen LogP contribution < -0.4 is 0 Å². The molecule has 1 rings (SSSR count). The predicted octanol–water partition coefficient (Wildman–Crippen LogP) is 3.04. The normalized spacial score (nSPS) is 10.7. The molecule has 1 N–H and O–H groups in total. The number of hydrogen-bond donors (Lipinski definition) is 1. The minimum absolute atomic E-state index is 0.846. The van der Waals surface area contributed by atoms with Crippen molar-refractivity contribution in [2.24, 2.45) is 0 Å². The van der Waals surface area contributed by atoms with Crippen LogP contribution in [0, 0.1) is 0 Å². The van der Waals surface area contributed by atoms with Crippen LogP contribution in [0.2, 0.25) is 0 Å². The van der Waals surface area contributed by atoms with Gasteiger partial charge < -0.3 is 5.11 Å². The Morgan fingerprint density at radius 3 is 2.60 bits per heavy atom. The first-order chi connectivity index (χ1) is 7.29. The molecule has 1 aromatic carbocycles. The summed E-state index contributed by atoms with van der Waals surface area (Å²) in [6.07, 6.45) is 6.99. The molecule has 0 aromatic heterocycles. The second-order valence-electron chi connectivity index (χ2n) is 3.47. The van der Waals surface area contributed by atoms with E-state index in [-0.39, 0.29) is 0 Å². The van der Waals surface area contributed by atoms with E-state index in [1.54, 1.807) is 6.08 Å². The molecular formula is C13H16O2. The predicted molar refractivity (Wildman–Crippen MR) is 60.8 cm³/mol. The fourth-order valence-electron chi connectivity index (χ4n) is 1.42. The quantitative estimate of drug-likeness (QED) is 0.571. The number of carboxylic acid groups (broad SMARTS) is 1. The van der Waals surface area contributed by atoms with Gasteiger partial charge in [-0.2, -0.15) is 0 Å². The van der Waals surface area contributed by atoms with Gasteiger partial charge in [-0.25, -0.2) is 4.79 Å². The molecule has 15 heavy (non-hydrogen) atoms. The molecule has 0 amide bonds. The van der Waals surface area contributed by atoms with Gasteiger partial charge in [0.25, 0.3) is 0 Å². The van der Waals surface area contributed by atoms with Crippen molar-refractivity contribution in [3.8, 4) is 0 Å². The SMILES string of the molecule is O=C(O)C=CCCCCc1ccccc1. The van der Waals surface area contributed by atoms with E-state index >= 15 is 0 Å². The monoisotopic (exact) mass is 204 g/mol. The Morgan fingerprint density at radius 2 is 1.93 bits per heavy atom. The molecule has 0 atom stereocenters. The number of unbranched alkanes of at least 4 members (excludes halogenated alkanes) is 2. The lowest BCUT2D eigenvalue weighted by atomic mass is 10.1. The molecule has 0 unspecified atom stereocenters. The maximum Gasteiger partial charge on any atom is 0.327 e. The number of carboxylic acids is 1. The van der Waals surface area contributed by atoms with E-state index in [4.69, 9.17) is 5.11 Å². The van der Waals surface area contributed by atoms with Crippen molar-refractivity contribution >= 4 is 5.97 Å². The third-order valence-corrected chi connectivity index (χ3v) is 2.19. The zero-order valence-electron chi connectivity index (χ0n) is 8.73. The Kier molecular flexibility index (Phi) is 5.23. The molecule has 0 fully saturated rings. The molecule has 2 heteroatoms. The first-order valence-electron chi connectivity index (χ1n) is 5.22. The van der Waals surface area contributed by atoms with E-state index in [0.29, 0.717) is 0 Å². The van der Waals surface area contributed by atoms with Gasteiger partial charge in [0.15, 0.2) is 0 Å². The van der Waals surface area contributed by atoms with Gasteiger partial charge in [-0.3, -0.25) is 0 Å². The summed E-state index contributed by atoms with van der Waals surface area (Å²) in [5, 5.41) is 8.36. The van der Waals surface area contributed by atoms with E-state index in [2.05, 4.69) is 12.1 Å². The summed E-state index contributed by atoms with van der Waals surface area (Å²) < 4.78 is 0. The van der Waals surface area contributed by atoms with Crippen LogP contribution in [0.25, 0.3) is 0 Å². The standard InChI is InChI=1S/C13H16O2/c14-13(15)11-7-2-1-4-8-12-9-5-3-6-10-12/h3,5-7,9-11H,1-2,4,8H2,(H,14,15). The minimum Gasteiger partial charge on any atom is -0.478 e. The maximum absolute atomic E-state index is 10.2. The molecule has 0 aliphatic heterocycles. The molecule has 0 spiro atoms. The van der Waals surface area contributed by atoms with Gasteiger partial charge in [-0.1, -0.05) is 36.4 Å². The Labute approximate surface area is 90.3 Å². The summed E-state index contributed by atoms with van der Waals surface area (Å²) in [5.41, 5.74) is 1.35. The maximum atomic E-state index is 10.2. The summed E-state index contributed by atoms with van der Waals surface area (Å²) in [5.74, 6) is -0.863. The van der Waals surface area contributed by atoms with Gasteiger partial charge >= 0.3 is 5.97 Å². The van der Waals surface area contributed by atoms with Gasteiger partial charge in [0.2, 0.25) is 0 Å². The van der Waals surface area contributed by atoms with Crippen LogP contribution in [0.15, 0.2) is 42.5 Å².